The first-order valence-electron chi connectivity index (χ1n) is 5.23. The van der Waals surface area contributed by atoms with Crippen LogP contribution in [0.3, 0.4) is 0 Å². The number of alkyl halides is 1. The fourth-order valence-electron chi connectivity index (χ4n) is 1.23. The number of aromatic nitrogens is 2. The van der Waals surface area contributed by atoms with E-state index in [-0.39, 0.29) is 19.4 Å². The molecule has 0 bridgehead atoms. The fraction of sp³-hybridized carbons (Fsp3) is 0.600. The summed E-state index contributed by atoms with van der Waals surface area (Å²) in [5.74, 6) is 0. The van der Waals surface area contributed by atoms with Gasteiger partial charge in [0.2, 0.25) is 0 Å². The van der Waals surface area contributed by atoms with Crippen LogP contribution >= 0.6 is 15.9 Å². The molecule has 1 aromatic rings. The Balaban J connectivity index is 2.84. The van der Waals surface area contributed by atoms with E-state index in [9.17, 15) is 9.59 Å². The molecule has 1 aromatic heterocycles. The highest BCUT2D eigenvalue weighted by molar-refractivity contribution is 9.08. The maximum atomic E-state index is 11.4. The second kappa shape index (κ2) is 6.73. The van der Waals surface area contributed by atoms with Gasteiger partial charge in [0.15, 0.2) is 0 Å². The number of nitrogens with one attached hydrogen (secondary N) is 1. The van der Waals surface area contributed by atoms with E-state index in [1.54, 1.807) is 0 Å². The van der Waals surface area contributed by atoms with Crippen molar-refractivity contribution in [3.8, 4) is 0 Å². The Hall–Kier alpha value is -0.920. The molecule has 0 fully saturated rings. The Morgan fingerprint density at radius 2 is 2.29 bits per heavy atom. The summed E-state index contributed by atoms with van der Waals surface area (Å²) in [5, 5.41) is 9.30. The number of nitrogens with zero attached hydrogens (tertiary/aromatic N) is 1. The molecule has 96 valence electrons. The van der Waals surface area contributed by atoms with Crippen LogP contribution in [-0.4, -0.2) is 27.4 Å². The van der Waals surface area contributed by atoms with Gasteiger partial charge in [0.1, 0.15) is 6.73 Å². The zero-order valence-electron chi connectivity index (χ0n) is 9.48. The van der Waals surface area contributed by atoms with Crippen molar-refractivity contribution >= 4 is 15.9 Å². The van der Waals surface area contributed by atoms with E-state index < -0.39 is 11.2 Å². The molecule has 0 aliphatic rings. The number of aliphatic hydroxyl groups excluding tert-OH is 1. The van der Waals surface area contributed by atoms with Gasteiger partial charge in [0.05, 0.1) is 12.7 Å². The number of hydrogen-bond acceptors (Lipinski definition) is 4. The van der Waals surface area contributed by atoms with Crippen LogP contribution in [0.15, 0.2) is 15.8 Å². The largest absolute Gasteiger partial charge is 0.394 e. The summed E-state index contributed by atoms with van der Waals surface area (Å²) in [6.45, 7) is 1.79. The van der Waals surface area contributed by atoms with Crippen molar-refractivity contribution in [2.45, 2.75) is 31.5 Å². The van der Waals surface area contributed by atoms with Gasteiger partial charge >= 0.3 is 5.69 Å². The van der Waals surface area contributed by atoms with Crippen LogP contribution in [0.25, 0.3) is 0 Å². The van der Waals surface area contributed by atoms with Gasteiger partial charge in [-0.1, -0.05) is 22.9 Å². The van der Waals surface area contributed by atoms with Crippen LogP contribution in [-0.2, 0) is 16.8 Å². The van der Waals surface area contributed by atoms with Crippen LogP contribution in [0.1, 0.15) is 18.9 Å². The first kappa shape index (κ1) is 14.1. The molecule has 2 N–H and O–H groups in total. The Morgan fingerprint density at radius 1 is 1.59 bits per heavy atom. The maximum Gasteiger partial charge on any atom is 0.330 e. The zero-order chi connectivity index (χ0) is 12.8. The van der Waals surface area contributed by atoms with Crippen molar-refractivity contribution < 1.29 is 9.84 Å². The third-order valence-electron chi connectivity index (χ3n) is 2.34. The van der Waals surface area contributed by atoms with E-state index in [4.69, 9.17) is 9.84 Å². The molecule has 0 spiro atoms. The molecule has 1 heterocycles. The highest BCUT2D eigenvalue weighted by Gasteiger charge is 2.07. The fourth-order valence-corrected chi connectivity index (χ4v) is 1.63. The molecule has 6 nitrogen and oxygen atoms in total. The average molecular weight is 307 g/mol. The molecule has 7 heteroatoms. The standard InChI is InChI=1S/C10H15BrN2O4/c1-2-8(5-14)17-6-13-4-7(3-11)9(15)12-10(13)16/h4,8,14H,2-3,5-6H2,1H3,(H,12,15,16)/t8-/m0/s1. The quantitative estimate of drug-likeness (QED) is 0.734. The minimum absolute atomic E-state index is 0.00861. The summed E-state index contributed by atoms with van der Waals surface area (Å²) in [6, 6.07) is 0. The second-order valence-corrected chi connectivity index (χ2v) is 4.09. The van der Waals surface area contributed by atoms with E-state index >= 15 is 0 Å². The molecule has 0 aliphatic carbocycles. The monoisotopic (exact) mass is 306 g/mol. The third kappa shape index (κ3) is 3.79. The average Bonchev–Trinajstić information content (AvgIpc) is 2.32. The van der Waals surface area contributed by atoms with Crippen molar-refractivity contribution in [3.63, 3.8) is 0 Å². The molecule has 0 aliphatic heterocycles. The summed E-state index contributed by atoms with van der Waals surface area (Å²) < 4.78 is 6.58. The van der Waals surface area contributed by atoms with Crippen LogP contribution < -0.4 is 11.2 Å². The van der Waals surface area contributed by atoms with Gasteiger partial charge in [0.25, 0.3) is 5.56 Å². The van der Waals surface area contributed by atoms with E-state index in [1.165, 1.54) is 10.8 Å². The summed E-state index contributed by atoms with van der Waals surface area (Å²) >= 11 is 3.16. The van der Waals surface area contributed by atoms with Crippen molar-refractivity contribution in [1.82, 2.24) is 9.55 Å². The minimum atomic E-state index is -0.521. The topological polar surface area (TPSA) is 84.3 Å². The van der Waals surface area contributed by atoms with E-state index in [2.05, 4.69) is 20.9 Å². The van der Waals surface area contributed by atoms with Crippen LogP contribution in [0.4, 0.5) is 0 Å². The normalized spacial score (nSPS) is 12.6. The zero-order valence-corrected chi connectivity index (χ0v) is 11.1. The van der Waals surface area contributed by atoms with Gasteiger partial charge < -0.3 is 9.84 Å². The molecule has 0 amide bonds. The van der Waals surface area contributed by atoms with Gasteiger partial charge in [0, 0.05) is 17.1 Å². The van der Waals surface area contributed by atoms with Gasteiger partial charge in [-0.2, -0.15) is 0 Å². The number of aromatic amines is 1. The number of halogens is 1. The minimum Gasteiger partial charge on any atom is -0.394 e. The van der Waals surface area contributed by atoms with Gasteiger partial charge in [-0.3, -0.25) is 14.3 Å². The van der Waals surface area contributed by atoms with Crippen LogP contribution in [0, 0.1) is 0 Å². The Labute approximate surface area is 106 Å². The van der Waals surface area contributed by atoms with E-state index in [0.717, 1.165) is 0 Å². The molecule has 17 heavy (non-hydrogen) atoms. The molecule has 1 atom stereocenters. The SMILES string of the molecule is CC[C@@H](CO)OCn1cc(CBr)c(=O)[nH]c1=O. The molecule has 0 saturated heterocycles. The van der Waals surface area contributed by atoms with Gasteiger partial charge in [-0.15, -0.1) is 0 Å². The molecular weight excluding hydrogens is 292 g/mol. The first-order chi connectivity index (χ1) is 8.12. The lowest BCUT2D eigenvalue weighted by Crippen LogP contribution is -2.33. The predicted octanol–water partition coefficient (Wildman–Crippen LogP) is 0.177. The number of hydrogen-bond donors (Lipinski definition) is 2. The molecule has 0 unspecified atom stereocenters. The smallest absolute Gasteiger partial charge is 0.330 e. The second-order valence-electron chi connectivity index (χ2n) is 3.53. The Morgan fingerprint density at radius 3 is 2.82 bits per heavy atom. The van der Waals surface area contributed by atoms with Crippen LogP contribution in [0.5, 0.6) is 0 Å². The van der Waals surface area contributed by atoms with E-state index in [1.807, 2.05) is 6.92 Å². The predicted molar refractivity (Wildman–Crippen MR) is 66.2 cm³/mol. The first-order valence-corrected chi connectivity index (χ1v) is 6.35. The lowest BCUT2D eigenvalue weighted by Gasteiger charge is -2.14. The summed E-state index contributed by atoms with van der Waals surface area (Å²) in [5.41, 5.74) is -0.477. The molecule has 1 rings (SSSR count). The molecular formula is C10H15BrN2O4. The molecule has 0 radical (unpaired) electrons. The number of aliphatic hydroxyl groups is 1. The van der Waals surface area contributed by atoms with Gasteiger partial charge in [-0.05, 0) is 6.42 Å². The van der Waals surface area contributed by atoms with Crippen LogP contribution in [0.2, 0.25) is 0 Å². The Kier molecular flexibility index (Phi) is 5.60. The summed E-state index contributed by atoms with van der Waals surface area (Å²) in [7, 11) is 0. The lowest BCUT2D eigenvalue weighted by molar-refractivity contribution is -0.0269. The highest BCUT2D eigenvalue weighted by atomic mass is 79.9. The summed E-state index contributed by atoms with van der Waals surface area (Å²) in [6.07, 6.45) is 1.79. The van der Waals surface area contributed by atoms with Crippen molar-refractivity contribution in [2.24, 2.45) is 0 Å². The molecule has 0 aromatic carbocycles. The number of ether oxygens (including phenoxy) is 1. The summed E-state index contributed by atoms with van der Waals surface area (Å²) in [4.78, 5) is 24.9. The lowest BCUT2D eigenvalue weighted by atomic mass is 10.3. The third-order valence-corrected chi connectivity index (χ3v) is 2.94. The maximum absolute atomic E-state index is 11.4. The Bertz CT molecular complexity index is 464. The van der Waals surface area contributed by atoms with Crippen molar-refractivity contribution in [3.05, 3.63) is 32.6 Å². The number of rotatable bonds is 6. The highest BCUT2D eigenvalue weighted by Crippen LogP contribution is 2.00. The van der Waals surface area contributed by atoms with Crippen molar-refractivity contribution in [2.75, 3.05) is 6.61 Å². The number of H-pyrrole nitrogens is 1. The van der Waals surface area contributed by atoms with Gasteiger partial charge in [-0.25, -0.2) is 4.79 Å². The van der Waals surface area contributed by atoms with Crippen molar-refractivity contribution in [1.29, 1.82) is 0 Å². The van der Waals surface area contributed by atoms with E-state index in [0.29, 0.717) is 17.3 Å². The molecule has 0 saturated carbocycles.